The van der Waals surface area contributed by atoms with E-state index >= 15 is 0 Å². The Morgan fingerprint density at radius 3 is 2.85 bits per heavy atom. The highest BCUT2D eigenvalue weighted by Crippen LogP contribution is 1.91. The quantitative estimate of drug-likeness (QED) is 0.680. The molecule has 0 aliphatic carbocycles. The normalized spacial score (nSPS) is 9.15. The SMILES string of the molecule is N#Cc1ccn(CC(=O)O)c(=O)c1. The Bertz CT molecular complexity index is 428. The number of nitrogens with zero attached hydrogens (tertiary/aromatic N) is 2. The molecular weight excluding hydrogens is 172 g/mol. The number of aliphatic carboxylic acids is 1. The maximum Gasteiger partial charge on any atom is 0.323 e. The molecule has 66 valence electrons. The summed E-state index contributed by atoms with van der Waals surface area (Å²) in [5, 5.41) is 16.8. The molecule has 0 saturated carbocycles. The molecule has 0 spiro atoms. The van der Waals surface area contributed by atoms with E-state index < -0.39 is 11.5 Å². The van der Waals surface area contributed by atoms with E-state index in [0.717, 1.165) is 10.6 Å². The van der Waals surface area contributed by atoms with Crippen molar-refractivity contribution in [1.82, 2.24) is 4.57 Å². The van der Waals surface area contributed by atoms with Crippen molar-refractivity contribution in [2.24, 2.45) is 0 Å². The number of hydrogen-bond acceptors (Lipinski definition) is 3. The molecular formula is C8H6N2O3. The average molecular weight is 178 g/mol. The van der Waals surface area contributed by atoms with E-state index in [1.807, 2.05) is 0 Å². The average Bonchev–Trinajstić information content (AvgIpc) is 2.08. The van der Waals surface area contributed by atoms with Crippen LogP contribution in [0.25, 0.3) is 0 Å². The van der Waals surface area contributed by atoms with Crippen LogP contribution in [-0.2, 0) is 11.3 Å². The predicted octanol–water partition coefficient (Wildman–Crippen LogP) is -0.195. The molecule has 5 heteroatoms. The first kappa shape index (κ1) is 9.00. The Kier molecular flexibility index (Phi) is 2.45. The minimum Gasteiger partial charge on any atom is -0.480 e. The Morgan fingerprint density at radius 1 is 1.69 bits per heavy atom. The third-order valence-electron chi connectivity index (χ3n) is 1.43. The second-order valence-corrected chi connectivity index (χ2v) is 2.39. The summed E-state index contributed by atoms with van der Waals surface area (Å²) in [6, 6.07) is 4.28. The third-order valence-corrected chi connectivity index (χ3v) is 1.43. The van der Waals surface area contributed by atoms with Crippen molar-refractivity contribution in [3.8, 4) is 6.07 Å². The molecule has 0 atom stereocenters. The zero-order valence-electron chi connectivity index (χ0n) is 6.60. The summed E-state index contributed by atoms with van der Waals surface area (Å²) in [4.78, 5) is 21.3. The topological polar surface area (TPSA) is 83.1 Å². The molecule has 0 amide bonds. The van der Waals surface area contributed by atoms with Crippen LogP contribution in [0.4, 0.5) is 0 Å². The van der Waals surface area contributed by atoms with E-state index in [4.69, 9.17) is 10.4 Å². The van der Waals surface area contributed by atoms with Gasteiger partial charge in [0.05, 0.1) is 11.6 Å². The number of nitriles is 1. The number of pyridine rings is 1. The van der Waals surface area contributed by atoms with Crippen LogP contribution < -0.4 is 5.56 Å². The summed E-state index contributed by atoms with van der Waals surface area (Å²) in [5.41, 5.74) is -0.256. The predicted molar refractivity (Wildman–Crippen MR) is 43.1 cm³/mol. The lowest BCUT2D eigenvalue weighted by Gasteiger charge is -1.99. The Balaban J connectivity index is 3.08. The second kappa shape index (κ2) is 3.54. The monoisotopic (exact) mass is 178 g/mol. The fraction of sp³-hybridized carbons (Fsp3) is 0.125. The summed E-state index contributed by atoms with van der Waals surface area (Å²) in [5.74, 6) is -1.09. The van der Waals surface area contributed by atoms with Crippen LogP contribution in [0.15, 0.2) is 23.1 Å². The van der Waals surface area contributed by atoms with E-state index in [9.17, 15) is 9.59 Å². The lowest BCUT2D eigenvalue weighted by molar-refractivity contribution is -0.137. The number of aromatic nitrogens is 1. The van der Waals surface area contributed by atoms with Crippen molar-refractivity contribution in [1.29, 1.82) is 5.26 Å². The van der Waals surface area contributed by atoms with E-state index in [1.165, 1.54) is 12.3 Å². The Labute approximate surface area is 73.5 Å². The molecule has 0 fully saturated rings. The van der Waals surface area contributed by atoms with Gasteiger partial charge in [-0.1, -0.05) is 0 Å². The van der Waals surface area contributed by atoms with Gasteiger partial charge in [0.1, 0.15) is 6.54 Å². The number of carbonyl (C=O) groups is 1. The van der Waals surface area contributed by atoms with Crippen molar-refractivity contribution in [2.45, 2.75) is 6.54 Å². The highest BCUT2D eigenvalue weighted by molar-refractivity contribution is 5.66. The molecule has 0 saturated heterocycles. The van der Waals surface area contributed by atoms with Crippen LogP contribution in [-0.4, -0.2) is 15.6 Å². The van der Waals surface area contributed by atoms with Crippen molar-refractivity contribution in [3.63, 3.8) is 0 Å². The van der Waals surface area contributed by atoms with Gasteiger partial charge in [-0.3, -0.25) is 9.59 Å². The number of carboxylic acid groups (broad SMARTS) is 1. The molecule has 0 radical (unpaired) electrons. The molecule has 0 unspecified atom stereocenters. The first-order valence-corrected chi connectivity index (χ1v) is 3.46. The number of hydrogen-bond donors (Lipinski definition) is 1. The fourth-order valence-corrected chi connectivity index (χ4v) is 0.854. The Hall–Kier alpha value is -2.09. The van der Waals surface area contributed by atoms with E-state index in [2.05, 4.69) is 0 Å². The van der Waals surface area contributed by atoms with Gasteiger partial charge in [0, 0.05) is 12.3 Å². The van der Waals surface area contributed by atoms with Crippen molar-refractivity contribution >= 4 is 5.97 Å². The summed E-state index contributed by atoms with van der Waals surface area (Å²) in [7, 11) is 0. The van der Waals surface area contributed by atoms with Crippen LogP contribution in [0, 0.1) is 11.3 Å². The molecule has 1 aromatic heterocycles. The highest BCUT2D eigenvalue weighted by Gasteiger charge is 2.01. The Morgan fingerprint density at radius 2 is 2.38 bits per heavy atom. The minimum atomic E-state index is -1.09. The molecule has 0 aromatic carbocycles. The first-order valence-electron chi connectivity index (χ1n) is 3.46. The summed E-state index contributed by atoms with van der Waals surface area (Å²) in [6.07, 6.45) is 1.29. The molecule has 0 aliphatic heterocycles. The van der Waals surface area contributed by atoms with Crippen LogP contribution in [0.1, 0.15) is 5.56 Å². The van der Waals surface area contributed by atoms with Gasteiger partial charge in [-0.05, 0) is 6.07 Å². The molecule has 1 heterocycles. The molecule has 5 nitrogen and oxygen atoms in total. The largest absolute Gasteiger partial charge is 0.480 e. The molecule has 0 bridgehead atoms. The van der Waals surface area contributed by atoms with Crippen molar-refractivity contribution in [2.75, 3.05) is 0 Å². The molecule has 1 rings (SSSR count). The molecule has 1 aromatic rings. The fourth-order valence-electron chi connectivity index (χ4n) is 0.854. The minimum absolute atomic E-state index is 0.228. The van der Waals surface area contributed by atoms with Crippen LogP contribution in [0.2, 0.25) is 0 Å². The van der Waals surface area contributed by atoms with E-state index in [0.29, 0.717) is 0 Å². The van der Waals surface area contributed by atoms with Gasteiger partial charge in [0.2, 0.25) is 0 Å². The summed E-state index contributed by atoms with van der Waals surface area (Å²) >= 11 is 0. The number of rotatable bonds is 2. The van der Waals surface area contributed by atoms with E-state index in [1.54, 1.807) is 6.07 Å². The second-order valence-electron chi connectivity index (χ2n) is 2.39. The lowest BCUT2D eigenvalue weighted by Crippen LogP contribution is -2.22. The first-order chi connectivity index (χ1) is 6.13. The summed E-state index contributed by atoms with van der Waals surface area (Å²) in [6.45, 7) is -0.384. The van der Waals surface area contributed by atoms with Gasteiger partial charge in [-0.15, -0.1) is 0 Å². The van der Waals surface area contributed by atoms with Crippen LogP contribution >= 0.6 is 0 Å². The van der Waals surface area contributed by atoms with Crippen molar-refractivity contribution in [3.05, 3.63) is 34.2 Å². The van der Waals surface area contributed by atoms with E-state index in [-0.39, 0.29) is 12.1 Å². The highest BCUT2D eigenvalue weighted by atomic mass is 16.4. The zero-order valence-corrected chi connectivity index (χ0v) is 6.60. The maximum atomic E-state index is 11.1. The van der Waals surface area contributed by atoms with Gasteiger partial charge in [0.25, 0.3) is 5.56 Å². The van der Waals surface area contributed by atoms with Gasteiger partial charge < -0.3 is 9.67 Å². The maximum absolute atomic E-state index is 11.1. The van der Waals surface area contributed by atoms with Gasteiger partial charge in [-0.25, -0.2) is 0 Å². The van der Waals surface area contributed by atoms with Gasteiger partial charge >= 0.3 is 5.97 Å². The number of carboxylic acids is 1. The van der Waals surface area contributed by atoms with Crippen molar-refractivity contribution < 1.29 is 9.90 Å². The molecule has 13 heavy (non-hydrogen) atoms. The van der Waals surface area contributed by atoms with Crippen LogP contribution in [0.3, 0.4) is 0 Å². The third kappa shape index (κ3) is 2.17. The smallest absolute Gasteiger partial charge is 0.323 e. The van der Waals surface area contributed by atoms with Gasteiger partial charge in [-0.2, -0.15) is 5.26 Å². The van der Waals surface area contributed by atoms with Gasteiger partial charge in [0.15, 0.2) is 0 Å². The molecule has 1 N–H and O–H groups in total. The summed E-state index contributed by atoms with van der Waals surface area (Å²) < 4.78 is 1.02. The standard InChI is InChI=1S/C8H6N2O3/c9-4-6-1-2-10(5-8(12)13)7(11)3-6/h1-3H,5H2,(H,12,13). The lowest BCUT2D eigenvalue weighted by atomic mass is 10.3. The van der Waals surface area contributed by atoms with Crippen LogP contribution in [0.5, 0.6) is 0 Å². The molecule has 0 aliphatic rings. The zero-order chi connectivity index (χ0) is 9.84.